The van der Waals surface area contributed by atoms with E-state index in [1.165, 1.54) is 51.5 Å². The smallest absolute Gasteiger partial charge is 0.0707 e. The summed E-state index contributed by atoms with van der Waals surface area (Å²) in [5, 5.41) is 3.58. The molecule has 21 heavy (non-hydrogen) atoms. The molecular formula is C18H36N2O. The number of nitrogens with zero attached hydrogens (tertiary/aromatic N) is 1. The molecule has 0 radical (unpaired) electrons. The van der Waals surface area contributed by atoms with Crippen molar-refractivity contribution in [2.75, 3.05) is 19.6 Å². The molecular weight excluding hydrogens is 260 g/mol. The molecule has 0 saturated carbocycles. The van der Waals surface area contributed by atoms with Crippen LogP contribution in [0.2, 0.25) is 0 Å². The molecule has 2 rings (SSSR count). The average Bonchev–Trinajstić information content (AvgIpc) is 2.74. The van der Waals surface area contributed by atoms with Crippen LogP contribution in [0.5, 0.6) is 0 Å². The summed E-state index contributed by atoms with van der Waals surface area (Å²) in [5.41, 5.74) is 0.194. The fourth-order valence-electron chi connectivity index (χ4n) is 3.69. The molecule has 0 aromatic heterocycles. The lowest BCUT2D eigenvalue weighted by Crippen LogP contribution is -2.42. The second kappa shape index (κ2) is 7.94. The second-order valence-electron chi connectivity index (χ2n) is 7.99. The molecule has 3 nitrogen and oxygen atoms in total. The van der Waals surface area contributed by atoms with Crippen LogP contribution < -0.4 is 5.32 Å². The standard InChI is InChI=1S/C18H36N2O/c1-5-15-9-7-6-8-12-20(15)14-17-11-10-16(21-17)13-19-18(2,3)4/h15-17,19H,5-14H2,1-4H3. The summed E-state index contributed by atoms with van der Waals surface area (Å²) in [7, 11) is 0. The van der Waals surface area contributed by atoms with Crippen molar-refractivity contribution in [3.8, 4) is 0 Å². The van der Waals surface area contributed by atoms with Gasteiger partial charge in [-0.15, -0.1) is 0 Å². The highest BCUT2D eigenvalue weighted by molar-refractivity contribution is 4.83. The average molecular weight is 296 g/mol. The number of nitrogens with one attached hydrogen (secondary N) is 1. The highest BCUT2D eigenvalue weighted by atomic mass is 16.5. The Morgan fingerprint density at radius 1 is 1.05 bits per heavy atom. The maximum Gasteiger partial charge on any atom is 0.0707 e. The molecule has 3 atom stereocenters. The van der Waals surface area contributed by atoms with Crippen LogP contribution in [0, 0.1) is 0 Å². The van der Waals surface area contributed by atoms with Gasteiger partial charge in [0.25, 0.3) is 0 Å². The third-order valence-corrected chi connectivity index (χ3v) is 4.96. The summed E-state index contributed by atoms with van der Waals surface area (Å²) in [4.78, 5) is 2.72. The first kappa shape index (κ1) is 17.2. The van der Waals surface area contributed by atoms with E-state index in [0.29, 0.717) is 12.2 Å². The van der Waals surface area contributed by atoms with Crippen LogP contribution in [0.15, 0.2) is 0 Å². The van der Waals surface area contributed by atoms with Crippen LogP contribution in [0.3, 0.4) is 0 Å². The van der Waals surface area contributed by atoms with Gasteiger partial charge in [0.15, 0.2) is 0 Å². The van der Waals surface area contributed by atoms with Gasteiger partial charge in [0.2, 0.25) is 0 Å². The number of ether oxygens (including phenoxy) is 1. The van der Waals surface area contributed by atoms with E-state index in [-0.39, 0.29) is 5.54 Å². The second-order valence-corrected chi connectivity index (χ2v) is 7.99. The first-order valence-corrected chi connectivity index (χ1v) is 9.12. The Morgan fingerprint density at radius 2 is 1.81 bits per heavy atom. The summed E-state index contributed by atoms with van der Waals surface area (Å²) in [5.74, 6) is 0. The lowest BCUT2D eigenvalue weighted by molar-refractivity contribution is 0.0122. The quantitative estimate of drug-likeness (QED) is 0.839. The van der Waals surface area contributed by atoms with E-state index < -0.39 is 0 Å². The third kappa shape index (κ3) is 5.88. The molecule has 0 aliphatic carbocycles. The largest absolute Gasteiger partial charge is 0.372 e. The van der Waals surface area contributed by atoms with Gasteiger partial charge in [-0.25, -0.2) is 0 Å². The van der Waals surface area contributed by atoms with Crippen LogP contribution in [0.1, 0.15) is 72.6 Å². The molecule has 0 amide bonds. The van der Waals surface area contributed by atoms with Gasteiger partial charge < -0.3 is 10.1 Å². The van der Waals surface area contributed by atoms with Crippen LogP contribution in [-0.2, 0) is 4.74 Å². The summed E-state index contributed by atoms with van der Waals surface area (Å²) in [6.07, 6.45) is 10.2. The molecule has 0 aromatic rings. The maximum atomic E-state index is 6.29. The van der Waals surface area contributed by atoms with Crippen LogP contribution >= 0.6 is 0 Å². The van der Waals surface area contributed by atoms with E-state index in [1.54, 1.807) is 0 Å². The molecule has 0 bridgehead atoms. The molecule has 2 heterocycles. The van der Waals surface area contributed by atoms with Crippen molar-refractivity contribution < 1.29 is 4.74 Å². The minimum absolute atomic E-state index is 0.194. The molecule has 2 aliphatic rings. The zero-order valence-corrected chi connectivity index (χ0v) is 14.7. The topological polar surface area (TPSA) is 24.5 Å². The van der Waals surface area contributed by atoms with Crippen LogP contribution in [0.4, 0.5) is 0 Å². The zero-order valence-electron chi connectivity index (χ0n) is 14.7. The van der Waals surface area contributed by atoms with Gasteiger partial charge >= 0.3 is 0 Å². The van der Waals surface area contributed by atoms with Crippen molar-refractivity contribution in [2.24, 2.45) is 0 Å². The van der Waals surface area contributed by atoms with E-state index in [9.17, 15) is 0 Å². The Labute approximate surface area is 131 Å². The predicted octanol–water partition coefficient (Wildman–Crippen LogP) is 3.58. The maximum absolute atomic E-state index is 6.29. The van der Waals surface area contributed by atoms with Gasteiger partial charge in [-0.05, 0) is 59.4 Å². The first-order valence-electron chi connectivity index (χ1n) is 9.12. The van der Waals surface area contributed by atoms with Crippen LogP contribution in [-0.4, -0.2) is 48.3 Å². The molecule has 2 fully saturated rings. The third-order valence-electron chi connectivity index (χ3n) is 4.96. The van der Waals surface area contributed by atoms with Gasteiger partial charge in [-0.2, -0.15) is 0 Å². The van der Waals surface area contributed by atoms with Gasteiger partial charge in [-0.1, -0.05) is 19.8 Å². The Bertz CT molecular complexity index is 300. The Balaban J connectivity index is 1.75. The van der Waals surface area contributed by atoms with Crippen molar-refractivity contribution in [3.63, 3.8) is 0 Å². The molecule has 124 valence electrons. The zero-order chi connectivity index (χ0) is 15.3. The molecule has 3 heteroatoms. The van der Waals surface area contributed by atoms with E-state index in [2.05, 4.69) is 37.9 Å². The molecule has 2 saturated heterocycles. The molecule has 0 aromatic carbocycles. The summed E-state index contributed by atoms with van der Waals surface area (Å²) in [6, 6.07) is 0.794. The summed E-state index contributed by atoms with van der Waals surface area (Å²) >= 11 is 0. The lowest BCUT2D eigenvalue weighted by atomic mass is 10.1. The van der Waals surface area contributed by atoms with Crippen molar-refractivity contribution in [1.29, 1.82) is 0 Å². The monoisotopic (exact) mass is 296 g/mol. The van der Waals surface area contributed by atoms with E-state index in [0.717, 1.165) is 19.1 Å². The van der Waals surface area contributed by atoms with E-state index in [1.807, 2.05) is 0 Å². The van der Waals surface area contributed by atoms with Gasteiger partial charge in [0, 0.05) is 24.7 Å². The lowest BCUT2D eigenvalue weighted by Gasteiger charge is -2.31. The SMILES string of the molecule is CCC1CCCCCN1CC1CCC(CNC(C)(C)C)O1. The normalized spacial score (nSPS) is 32.3. The van der Waals surface area contributed by atoms with Crippen molar-refractivity contribution in [1.82, 2.24) is 10.2 Å². The first-order chi connectivity index (χ1) is 9.98. The van der Waals surface area contributed by atoms with Crippen LogP contribution in [0.25, 0.3) is 0 Å². The van der Waals surface area contributed by atoms with Gasteiger partial charge in [0.05, 0.1) is 12.2 Å². The fourth-order valence-corrected chi connectivity index (χ4v) is 3.69. The minimum atomic E-state index is 0.194. The van der Waals surface area contributed by atoms with Gasteiger partial charge in [0.1, 0.15) is 0 Å². The molecule has 2 aliphatic heterocycles. The fraction of sp³-hybridized carbons (Fsp3) is 1.00. The number of likely N-dealkylation sites (tertiary alicyclic amines) is 1. The van der Waals surface area contributed by atoms with Gasteiger partial charge in [-0.3, -0.25) is 4.90 Å². The highest BCUT2D eigenvalue weighted by Crippen LogP contribution is 2.25. The number of rotatable bonds is 5. The Hall–Kier alpha value is -0.120. The molecule has 1 N–H and O–H groups in total. The summed E-state index contributed by atoms with van der Waals surface area (Å²) in [6.45, 7) is 12.5. The number of hydrogen-bond donors (Lipinski definition) is 1. The Morgan fingerprint density at radius 3 is 2.52 bits per heavy atom. The molecule has 3 unspecified atom stereocenters. The number of hydrogen-bond acceptors (Lipinski definition) is 3. The van der Waals surface area contributed by atoms with Crippen molar-refractivity contribution >= 4 is 0 Å². The van der Waals surface area contributed by atoms with Crippen molar-refractivity contribution in [3.05, 3.63) is 0 Å². The highest BCUT2D eigenvalue weighted by Gasteiger charge is 2.29. The predicted molar refractivity (Wildman–Crippen MR) is 89.8 cm³/mol. The van der Waals surface area contributed by atoms with Crippen molar-refractivity contribution in [2.45, 2.75) is 96.4 Å². The summed E-state index contributed by atoms with van der Waals surface area (Å²) < 4.78 is 6.29. The molecule has 0 spiro atoms. The van der Waals surface area contributed by atoms with E-state index >= 15 is 0 Å². The minimum Gasteiger partial charge on any atom is -0.372 e. The Kier molecular flexibility index (Phi) is 6.51. The van der Waals surface area contributed by atoms with E-state index in [4.69, 9.17) is 4.74 Å².